The second-order valence-electron chi connectivity index (χ2n) is 4.69. The lowest BCUT2D eigenvalue weighted by Gasteiger charge is -2.09. The molecule has 2 aromatic rings. The standard InChI is InChI=1S/C17H16Br2O3/c1-2-3-10-21-16-9-4-12(11-15(16)19)17(20)22-14-7-5-13(18)6-8-14/h4-9,11H,2-3,10H2,1H3. The van der Waals surface area contributed by atoms with Gasteiger partial charge in [0, 0.05) is 4.47 Å². The maximum absolute atomic E-state index is 12.1. The third-order valence-electron chi connectivity index (χ3n) is 2.95. The van der Waals surface area contributed by atoms with Crippen molar-refractivity contribution in [3.05, 3.63) is 57.0 Å². The Kier molecular flexibility index (Phi) is 6.46. The number of carbonyl (C=O) groups is 1. The first-order valence-electron chi connectivity index (χ1n) is 7.00. The van der Waals surface area contributed by atoms with Crippen LogP contribution in [0.3, 0.4) is 0 Å². The topological polar surface area (TPSA) is 35.5 Å². The Morgan fingerprint density at radius 3 is 2.45 bits per heavy atom. The normalized spacial score (nSPS) is 10.3. The van der Waals surface area contributed by atoms with Crippen LogP contribution in [0.1, 0.15) is 30.1 Å². The molecule has 0 N–H and O–H groups in total. The van der Waals surface area contributed by atoms with Crippen LogP contribution in [0.25, 0.3) is 0 Å². The van der Waals surface area contributed by atoms with Crippen LogP contribution in [0.15, 0.2) is 51.4 Å². The number of benzene rings is 2. The number of rotatable bonds is 6. The zero-order valence-corrected chi connectivity index (χ0v) is 15.3. The first-order valence-corrected chi connectivity index (χ1v) is 8.59. The lowest BCUT2D eigenvalue weighted by atomic mass is 10.2. The van der Waals surface area contributed by atoms with E-state index in [1.807, 2.05) is 12.1 Å². The lowest BCUT2D eigenvalue weighted by molar-refractivity contribution is 0.0734. The predicted octanol–water partition coefficient (Wildman–Crippen LogP) is 5.61. The predicted molar refractivity (Wildman–Crippen MR) is 93.6 cm³/mol. The van der Waals surface area contributed by atoms with Crippen molar-refractivity contribution < 1.29 is 14.3 Å². The van der Waals surface area contributed by atoms with Gasteiger partial charge in [0.1, 0.15) is 11.5 Å². The highest BCUT2D eigenvalue weighted by atomic mass is 79.9. The summed E-state index contributed by atoms with van der Waals surface area (Å²) >= 11 is 6.76. The smallest absolute Gasteiger partial charge is 0.343 e. The maximum Gasteiger partial charge on any atom is 0.343 e. The maximum atomic E-state index is 12.1. The SMILES string of the molecule is CCCCOc1ccc(C(=O)Oc2ccc(Br)cc2)cc1Br. The second-order valence-corrected chi connectivity index (χ2v) is 6.46. The molecular weight excluding hydrogens is 412 g/mol. The summed E-state index contributed by atoms with van der Waals surface area (Å²) in [6.45, 7) is 2.78. The molecule has 0 heterocycles. The van der Waals surface area contributed by atoms with E-state index in [0.717, 1.165) is 27.5 Å². The van der Waals surface area contributed by atoms with E-state index < -0.39 is 5.97 Å². The summed E-state index contributed by atoms with van der Waals surface area (Å²) in [4.78, 5) is 12.1. The molecule has 0 spiro atoms. The molecule has 0 radical (unpaired) electrons. The fourth-order valence-electron chi connectivity index (χ4n) is 1.74. The quantitative estimate of drug-likeness (QED) is 0.341. The van der Waals surface area contributed by atoms with Crippen molar-refractivity contribution >= 4 is 37.8 Å². The Morgan fingerprint density at radius 2 is 1.82 bits per heavy atom. The number of hydrogen-bond acceptors (Lipinski definition) is 3. The molecule has 2 aromatic carbocycles. The van der Waals surface area contributed by atoms with Crippen molar-refractivity contribution in [3.8, 4) is 11.5 Å². The molecule has 0 aliphatic heterocycles. The first kappa shape index (κ1) is 17.0. The Labute approximate surface area is 146 Å². The highest BCUT2D eigenvalue weighted by molar-refractivity contribution is 9.10. The number of halogens is 2. The molecule has 0 bridgehead atoms. The van der Waals surface area contributed by atoms with Gasteiger partial charge in [-0.25, -0.2) is 4.79 Å². The number of esters is 1. The van der Waals surface area contributed by atoms with E-state index in [1.54, 1.807) is 30.3 Å². The Bertz CT molecular complexity index is 639. The summed E-state index contributed by atoms with van der Waals surface area (Å²) in [5.41, 5.74) is 0.470. The fraction of sp³-hybridized carbons (Fsp3) is 0.235. The molecular formula is C17H16Br2O3. The van der Waals surface area contributed by atoms with Gasteiger partial charge in [0.05, 0.1) is 16.6 Å². The minimum Gasteiger partial charge on any atom is -0.492 e. The molecule has 5 heteroatoms. The Morgan fingerprint density at radius 1 is 1.09 bits per heavy atom. The number of unbranched alkanes of at least 4 members (excludes halogenated alkanes) is 1. The molecule has 116 valence electrons. The second kappa shape index (κ2) is 8.34. The van der Waals surface area contributed by atoms with Gasteiger partial charge in [-0.15, -0.1) is 0 Å². The number of hydrogen-bond donors (Lipinski definition) is 0. The van der Waals surface area contributed by atoms with Crippen LogP contribution in [-0.4, -0.2) is 12.6 Å². The average molecular weight is 428 g/mol. The molecule has 2 rings (SSSR count). The van der Waals surface area contributed by atoms with E-state index >= 15 is 0 Å². The van der Waals surface area contributed by atoms with Gasteiger partial charge < -0.3 is 9.47 Å². The summed E-state index contributed by atoms with van der Waals surface area (Å²) in [7, 11) is 0. The van der Waals surface area contributed by atoms with Crippen molar-refractivity contribution in [3.63, 3.8) is 0 Å². The van der Waals surface area contributed by atoms with Crippen LogP contribution in [0.5, 0.6) is 11.5 Å². The molecule has 0 saturated carbocycles. The van der Waals surface area contributed by atoms with Crippen molar-refractivity contribution in [2.45, 2.75) is 19.8 Å². The summed E-state index contributed by atoms with van der Waals surface area (Å²) in [6, 6.07) is 12.3. The zero-order valence-electron chi connectivity index (χ0n) is 12.1. The van der Waals surface area contributed by atoms with Crippen molar-refractivity contribution in [1.29, 1.82) is 0 Å². The van der Waals surface area contributed by atoms with Crippen LogP contribution in [0.2, 0.25) is 0 Å². The van der Waals surface area contributed by atoms with Crippen LogP contribution in [0.4, 0.5) is 0 Å². The van der Waals surface area contributed by atoms with Gasteiger partial charge in [0.2, 0.25) is 0 Å². The van der Waals surface area contributed by atoms with E-state index in [9.17, 15) is 4.79 Å². The van der Waals surface area contributed by atoms with E-state index in [4.69, 9.17) is 9.47 Å². The molecule has 0 amide bonds. The Balaban J connectivity index is 2.03. The van der Waals surface area contributed by atoms with E-state index in [-0.39, 0.29) is 0 Å². The summed E-state index contributed by atoms with van der Waals surface area (Å²) in [5, 5.41) is 0. The van der Waals surface area contributed by atoms with Crippen molar-refractivity contribution in [1.82, 2.24) is 0 Å². The fourth-order valence-corrected chi connectivity index (χ4v) is 2.50. The van der Waals surface area contributed by atoms with Gasteiger partial charge in [-0.3, -0.25) is 0 Å². The van der Waals surface area contributed by atoms with Crippen LogP contribution in [0, 0.1) is 0 Å². The minimum atomic E-state index is -0.400. The minimum absolute atomic E-state index is 0.400. The Hall–Kier alpha value is -1.33. The molecule has 0 aromatic heterocycles. The largest absolute Gasteiger partial charge is 0.492 e. The third-order valence-corrected chi connectivity index (χ3v) is 4.10. The number of carbonyl (C=O) groups excluding carboxylic acids is 1. The number of ether oxygens (including phenoxy) is 2. The highest BCUT2D eigenvalue weighted by Gasteiger charge is 2.11. The van der Waals surface area contributed by atoms with Gasteiger partial charge in [-0.1, -0.05) is 29.3 Å². The molecule has 0 saturated heterocycles. The van der Waals surface area contributed by atoms with Crippen LogP contribution in [-0.2, 0) is 0 Å². The van der Waals surface area contributed by atoms with Crippen molar-refractivity contribution in [2.75, 3.05) is 6.61 Å². The van der Waals surface area contributed by atoms with Crippen LogP contribution < -0.4 is 9.47 Å². The molecule has 22 heavy (non-hydrogen) atoms. The van der Waals surface area contributed by atoms with Gasteiger partial charge in [-0.2, -0.15) is 0 Å². The summed E-state index contributed by atoms with van der Waals surface area (Å²) in [5.74, 6) is 0.837. The van der Waals surface area contributed by atoms with Gasteiger partial charge in [-0.05, 0) is 64.8 Å². The first-order chi connectivity index (χ1) is 10.6. The molecule has 0 atom stereocenters. The molecule has 0 fully saturated rings. The molecule has 0 aliphatic rings. The molecule has 3 nitrogen and oxygen atoms in total. The molecule has 0 aliphatic carbocycles. The monoisotopic (exact) mass is 426 g/mol. The summed E-state index contributed by atoms with van der Waals surface area (Å²) < 4.78 is 12.6. The average Bonchev–Trinajstić information content (AvgIpc) is 2.51. The van der Waals surface area contributed by atoms with Gasteiger partial charge >= 0.3 is 5.97 Å². The third kappa shape index (κ3) is 4.85. The van der Waals surface area contributed by atoms with E-state index in [0.29, 0.717) is 17.9 Å². The van der Waals surface area contributed by atoms with E-state index in [1.165, 1.54) is 0 Å². The zero-order chi connectivity index (χ0) is 15.9. The van der Waals surface area contributed by atoms with Gasteiger partial charge in [0.15, 0.2) is 0 Å². The van der Waals surface area contributed by atoms with E-state index in [2.05, 4.69) is 38.8 Å². The van der Waals surface area contributed by atoms with Crippen LogP contribution >= 0.6 is 31.9 Å². The molecule has 0 unspecified atom stereocenters. The van der Waals surface area contributed by atoms with Gasteiger partial charge in [0.25, 0.3) is 0 Å². The lowest BCUT2D eigenvalue weighted by Crippen LogP contribution is -2.08. The van der Waals surface area contributed by atoms with Crippen molar-refractivity contribution in [2.24, 2.45) is 0 Å². The highest BCUT2D eigenvalue weighted by Crippen LogP contribution is 2.27. The summed E-state index contributed by atoms with van der Waals surface area (Å²) in [6.07, 6.45) is 2.08.